The molecule has 13 heavy (non-hydrogen) atoms. The summed E-state index contributed by atoms with van der Waals surface area (Å²) in [4.78, 5) is 0. The Kier molecular flexibility index (Phi) is 4.70. The summed E-state index contributed by atoms with van der Waals surface area (Å²) >= 11 is 0. The zero-order valence-corrected chi connectivity index (χ0v) is 8.16. The van der Waals surface area contributed by atoms with Crippen LogP contribution < -0.4 is 5.32 Å². The summed E-state index contributed by atoms with van der Waals surface area (Å²) in [6.45, 7) is 2.89. The molecule has 1 unspecified atom stereocenters. The van der Waals surface area contributed by atoms with Crippen LogP contribution in [-0.2, 0) is 4.74 Å². The maximum atomic E-state index is 12.5. The van der Waals surface area contributed by atoms with E-state index in [1.54, 1.807) is 0 Å². The van der Waals surface area contributed by atoms with Crippen LogP contribution in [0.2, 0.25) is 0 Å². The second kappa shape index (κ2) is 4.81. The predicted octanol–water partition coefficient (Wildman–Crippen LogP) is 1.95. The lowest BCUT2D eigenvalue weighted by Crippen LogP contribution is -2.57. The molecule has 0 radical (unpaired) electrons. The van der Waals surface area contributed by atoms with Crippen LogP contribution in [0.3, 0.4) is 0 Å². The highest BCUT2D eigenvalue weighted by atomic mass is 19.4. The number of hydrogen-bond acceptors (Lipinski definition) is 2. The van der Waals surface area contributed by atoms with Gasteiger partial charge in [0.25, 0.3) is 0 Å². The van der Waals surface area contributed by atoms with E-state index in [-0.39, 0.29) is 6.61 Å². The summed E-state index contributed by atoms with van der Waals surface area (Å²) in [5, 5.41) is 2.44. The van der Waals surface area contributed by atoms with E-state index >= 15 is 0 Å². The molecule has 0 heterocycles. The zero-order chi connectivity index (χ0) is 10.5. The first kappa shape index (κ1) is 12.7. The number of alkyl halides is 3. The third kappa shape index (κ3) is 3.52. The van der Waals surface area contributed by atoms with Crippen LogP contribution in [0.25, 0.3) is 0 Å². The molecule has 0 rings (SSSR count). The Morgan fingerprint density at radius 1 is 1.31 bits per heavy atom. The van der Waals surface area contributed by atoms with Gasteiger partial charge in [-0.3, -0.25) is 0 Å². The topological polar surface area (TPSA) is 21.3 Å². The molecule has 1 N–H and O–H groups in total. The van der Waals surface area contributed by atoms with Crippen molar-refractivity contribution < 1.29 is 17.9 Å². The molecular formula is C8H16F3NO. The zero-order valence-electron chi connectivity index (χ0n) is 8.16. The Balaban J connectivity index is 4.34. The van der Waals surface area contributed by atoms with Crippen molar-refractivity contribution in [2.75, 3.05) is 20.3 Å². The number of methoxy groups -OCH3 is 1. The van der Waals surface area contributed by atoms with Gasteiger partial charge in [0.05, 0.1) is 6.61 Å². The number of nitrogens with one attached hydrogen (secondary N) is 1. The molecule has 0 bridgehead atoms. The summed E-state index contributed by atoms with van der Waals surface area (Å²) < 4.78 is 42.0. The highest BCUT2D eigenvalue weighted by Crippen LogP contribution is 2.30. The van der Waals surface area contributed by atoms with Crippen molar-refractivity contribution in [3.05, 3.63) is 0 Å². The van der Waals surface area contributed by atoms with Crippen molar-refractivity contribution in [1.82, 2.24) is 5.32 Å². The van der Waals surface area contributed by atoms with Gasteiger partial charge in [-0.2, -0.15) is 13.2 Å². The Morgan fingerprint density at radius 3 is 2.15 bits per heavy atom. The summed E-state index contributed by atoms with van der Waals surface area (Å²) in [7, 11) is 1.26. The normalized spacial score (nSPS) is 17.1. The molecule has 0 aromatic rings. The molecule has 0 aromatic heterocycles. The van der Waals surface area contributed by atoms with Crippen LogP contribution in [0, 0.1) is 0 Å². The van der Waals surface area contributed by atoms with Crippen molar-refractivity contribution in [2.45, 2.75) is 32.0 Å². The third-order valence-corrected chi connectivity index (χ3v) is 1.82. The van der Waals surface area contributed by atoms with Gasteiger partial charge in [0.1, 0.15) is 5.54 Å². The summed E-state index contributed by atoms with van der Waals surface area (Å²) in [5.74, 6) is 0. The molecule has 0 amide bonds. The number of ether oxygens (including phenoxy) is 1. The lowest BCUT2D eigenvalue weighted by atomic mass is 10.0. The fourth-order valence-corrected chi connectivity index (χ4v) is 0.923. The lowest BCUT2D eigenvalue weighted by molar-refractivity contribution is -0.203. The predicted molar refractivity (Wildman–Crippen MR) is 44.6 cm³/mol. The average molecular weight is 199 g/mol. The quantitative estimate of drug-likeness (QED) is 0.730. The number of hydrogen-bond donors (Lipinski definition) is 1. The van der Waals surface area contributed by atoms with Gasteiger partial charge in [-0.05, 0) is 19.9 Å². The van der Waals surface area contributed by atoms with Crippen LogP contribution in [0.4, 0.5) is 13.2 Å². The molecule has 0 aliphatic rings. The van der Waals surface area contributed by atoms with E-state index in [4.69, 9.17) is 0 Å². The molecule has 1 atom stereocenters. The highest BCUT2D eigenvalue weighted by Gasteiger charge is 2.50. The van der Waals surface area contributed by atoms with Crippen LogP contribution in [0.1, 0.15) is 20.3 Å². The first-order valence-electron chi connectivity index (χ1n) is 4.18. The average Bonchev–Trinajstić information content (AvgIpc) is 1.99. The SMILES string of the molecule is CCCNC(C)(COC)C(F)(F)F. The minimum absolute atomic E-state index is 0.333. The van der Waals surface area contributed by atoms with E-state index in [2.05, 4.69) is 10.1 Å². The van der Waals surface area contributed by atoms with Crippen molar-refractivity contribution >= 4 is 0 Å². The fraction of sp³-hybridized carbons (Fsp3) is 1.00. The molecule has 0 saturated carbocycles. The van der Waals surface area contributed by atoms with Crippen molar-refractivity contribution in [3.63, 3.8) is 0 Å². The van der Waals surface area contributed by atoms with E-state index in [1.807, 2.05) is 6.92 Å². The Labute approximate surface area is 76.5 Å². The van der Waals surface area contributed by atoms with E-state index in [0.717, 1.165) is 6.92 Å². The smallest absolute Gasteiger partial charge is 0.382 e. The largest absolute Gasteiger partial charge is 0.408 e. The molecule has 0 aliphatic heterocycles. The second-order valence-electron chi connectivity index (χ2n) is 3.19. The van der Waals surface area contributed by atoms with Gasteiger partial charge in [0.15, 0.2) is 0 Å². The van der Waals surface area contributed by atoms with Gasteiger partial charge < -0.3 is 10.1 Å². The van der Waals surface area contributed by atoms with Gasteiger partial charge in [0, 0.05) is 7.11 Å². The molecular weight excluding hydrogens is 183 g/mol. The first-order chi connectivity index (χ1) is 5.87. The lowest BCUT2D eigenvalue weighted by Gasteiger charge is -2.32. The minimum Gasteiger partial charge on any atom is -0.382 e. The van der Waals surface area contributed by atoms with Crippen LogP contribution in [0.15, 0.2) is 0 Å². The third-order valence-electron chi connectivity index (χ3n) is 1.82. The van der Waals surface area contributed by atoms with E-state index < -0.39 is 11.7 Å². The van der Waals surface area contributed by atoms with Crippen molar-refractivity contribution in [1.29, 1.82) is 0 Å². The van der Waals surface area contributed by atoms with Gasteiger partial charge in [-0.15, -0.1) is 0 Å². The molecule has 0 aromatic carbocycles. The first-order valence-corrected chi connectivity index (χ1v) is 4.18. The molecule has 80 valence electrons. The highest BCUT2D eigenvalue weighted by molar-refractivity contribution is 4.90. The van der Waals surface area contributed by atoms with E-state index in [1.165, 1.54) is 7.11 Å². The molecule has 0 fully saturated rings. The Bertz CT molecular complexity index is 149. The molecule has 0 spiro atoms. The van der Waals surface area contributed by atoms with Crippen LogP contribution in [0.5, 0.6) is 0 Å². The molecule has 5 heteroatoms. The maximum Gasteiger partial charge on any atom is 0.408 e. The van der Waals surface area contributed by atoms with Crippen molar-refractivity contribution in [2.24, 2.45) is 0 Å². The van der Waals surface area contributed by atoms with Gasteiger partial charge >= 0.3 is 6.18 Å². The Hall–Kier alpha value is -0.290. The van der Waals surface area contributed by atoms with E-state index in [0.29, 0.717) is 13.0 Å². The Morgan fingerprint density at radius 2 is 1.85 bits per heavy atom. The molecule has 2 nitrogen and oxygen atoms in total. The van der Waals surface area contributed by atoms with Gasteiger partial charge in [-0.1, -0.05) is 6.92 Å². The summed E-state index contributed by atoms with van der Waals surface area (Å²) in [6, 6.07) is 0. The number of rotatable bonds is 5. The van der Waals surface area contributed by atoms with Crippen LogP contribution >= 0.6 is 0 Å². The fourth-order valence-electron chi connectivity index (χ4n) is 0.923. The second-order valence-corrected chi connectivity index (χ2v) is 3.19. The van der Waals surface area contributed by atoms with E-state index in [9.17, 15) is 13.2 Å². The minimum atomic E-state index is -4.28. The molecule has 0 aliphatic carbocycles. The van der Waals surface area contributed by atoms with Crippen LogP contribution in [-0.4, -0.2) is 32.0 Å². The number of halogens is 3. The van der Waals surface area contributed by atoms with Gasteiger partial charge in [-0.25, -0.2) is 0 Å². The van der Waals surface area contributed by atoms with Gasteiger partial charge in [0.2, 0.25) is 0 Å². The maximum absolute atomic E-state index is 12.5. The van der Waals surface area contributed by atoms with Crippen molar-refractivity contribution in [3.8, 4) is 0 Å². The standard InChI is InChI=1S/C8H16F3NO/c1-4-5-12-7(2,6-13-3)8(9,10)11/h12H,4-6H2,1-3H3. The summed E-state index contributed by atoms with van der Waals surface area (Å²) in [5.41, 5.74) is -1.93. The summed E-state index contributed by atoms with van der Waals surface area (Å²) in [6.07, 6.45) is -3.62. The monoisotopic (exact) mass is 199 g/mol. The molecule has 0 saturated heterocycles.